The summed E-state index contributed by atoms with van der Waals surface area (Å²) < 4.78 is 19.3. The number of carbonyl (C=O) groups excluding carboxylic acids is 1. The van der Waals surface area contributed by atoms with Gasteiger partial charge in [-0.15, -0.1) is 0 Å². The normalized spacial score (nSPS) is 31.1. The lowest BCUT2D eigenvalue weighted by molar-refractivity contribution is 0.0322. The minimum absolute atomic E-state index is 0.219. The van der Waals surface area contributed by atoms with Gasteiger partial charge < -0.3 is 10.1 Å². The van der Waals surface area contributed by atoms with Crippen molar-refractivity contribution in [3.8, 4) is 11.1 Å². The standard InChI is InChI=1S/C24H25FN2O2/c25-19-6-3-5-16(12-19)18-8-9-20(26-14-18)10-11-22-21-7-2-1-4-17(21)13-24(22)15-27-23(28)29-24/h3,5-6,8-12,14,17,21-22H,1-2,4,7,13,15H2,(H,27,28)/b11-10+/t17-,21-,22+,24?/m0/s1. The molecule has 4 atom stereocenters. The zero-order chi connectivity index (χ0) is 19.8. The van der Waals surface area contributed by atoms with Gasteiger partial charge in [0, 0.05) is 17.7 Å². The average molecular weight is 392 g/mol. The minimum atomic E-state index is -0.408. The van der Waals surface area contributed by atoms with Gasteiger partial charge in [0.2, 0.25) is 0 Å². The van der Waals surface area contributed by atoms with E-state index in [1.807, 2.05) is 24.3 Å². The average Bonchev–Trinajstić information content (AvgIpc) is 3.25. The number of nitrogens with zero attached hydrogens (tertiary/aromatic N) is 1. The second-order valence-corrected chi connectivity index (χ2v) is 8.59. The van der Waals surface area contributed by atoms with Gasteiger partial charge in [-0.1, -0.05) is 43.5 Å². The second kappa shape index (κ2) is 7.29. The van der Waals surface area contributed by atoms with E-state index in [0.29, 0.717) is 18.4 Å². The number of amides is 1. The molecule has 1 aromatic heterocycles. The number of rotatable bonds is 3. The Labute approximate surface area is 170 Å². The third kappa shape index (κ3) is 3.43. The van der Waals surface area contributed by atoms with E-state index in [4.69, 9.17) is 4.74 Å². The SMILES string of the molecule is O=C1NCC2(C[C@@H]3CCCC[C@@H]3[C@H]2/C=C/c2ccc(-c3cccc(F)c3)cn2)O1. The Kier molecular flexibility index (Phi) is 4.61. The van der Waals surface area contributed by atoms with Crippen LogP contribution < -0.4 is 5.32 Å². The first-order valence-corrected chi connectivity index (χ1v) is 10.5. The fourth-order valence-electron chi connectivity index (χ4n) is 5.57. The Hall–Kier alpha value is -2.69. The number of pyridine rings is 1. The van der Waals surface area contributed by atoms with Crippen LogP contribution in [0.2, 0.25) is 0 Å². The first kappa shape index (κ1) is 18.3. The van der Waals surface area contributed by atoms with Crippen LogP contribution in [0.15, 0.2) is 48.7 Å². The molecule has 2 aliphatic carbocycles. The highest BCUT2D eigenvalue weighted by molar-refractivity contribution is 5.70. The number of nitrogens with one attached hydrogen (secondary N) is 1. The second-order valence-electron chi connectivity index (χ2n) is 8.59. The van der Waals surface area contributed by atoms with Crippen molar-refractivity contribution in [3.63, 3.8) is 0 Å². The molecule has 4 nitrogen and oxygen atoms in total. The topological polar surface area (TPSA) is 51.2 Å². The summed E-state index contributed by atoms with van der Waals surface area (Å²) >= 11 is 0. The molecule has 1 aliphatic heterocycles. The van der Waals surface area contributed by atoms with Gasteiger partial charge in [-0.25, -0.2) is 9.18 Å². The molecule has 5 rings (SSSR count). The summed E-state index contributed by atoms with van der Waals surface area (Å²) in [4.78, 5) is 16.4. The lowest BCUT2D eigenvalue weighted by atomic mass is 9.77. The molecule has 0 bridgehead atoms. The van der Waals surface area contributed by atoms with Crippen molar-refractivity contribution in [3.05, 3.63) is 60.2 Å². The van der Waals surface area contributed by atoms with Crippen molar-refractivity contribution in [1.82, 2.24) is 10.3 Å². The van der Waals surface area contributed by atoms with E-state index < -0.39 is 5.60 Å². The van der Waals surface area contributed by atoms with Crippen LogP contribution in [0.4, 0.5) is 9.18 Å². The smallest absolute Gasteiger partial charge is 0.407 e. The molecule has 1 N–H and O–H groups in total. The first-order chi connectivity index (χ1) is 14.1. The number of hydrogen-bond acceptors (Lipinski definition) is 3. The summed E-state index contributed by atoms with van der Waals surface area (Å²) in [5, 5.41) is 2.88. The molecule has 1 saturated heterocycles. The van der Waals surface area contributed by atoms with Crippen molar-refractivity contribution in [2.45, 2.75) is 37.7 Å². The Morgan fingerprint density at radius 1 is 1.17 bits per heavy atom. The van der Waals surface area contributed by atoms with Gasteiger partial charge in [0.05, 0.1) is 12.2 Å². The maximum Gasteiger partial charge on any atom is 0.407 e. The fourth-order valence-corrected chi connectivity index (χ4v) is 5.57. The maximum absolute atomic E-state index is 13.5. The van der Waals surface area contributed by atoms with E-state index in [2.05, 4.69) is 16.4 Å². The number of carbonyl (C=O) groups is 1. The summed E-state index contributed by atoms with van der Waals surface area (Å²) in [6, 6.07) is 10.5. The number of halogens is 1. The van der Waals surface area contributed by atoms with Crippen LogP contribution in [0.3, 0.4) is 0 Å². The van der Waals surface area contributed by atoms with E-state index in [0.717, 1.165) is 23.2 Å². The van der Waals surface area contributed by atoms with Crippen molar-refractivity contribution < 1.29 is 13.9 Å². The van der Waals surface area contributed by atoms with Crippen molar-refractivity contribution in [2.24, 2.45) is 17.8 Å². The predicted octanol–water partition coefficient (Wildman–Crippen LogP) is 5.21. The monoisotopic (exact) mass is 392 g/mol. The molecule has 0 radical (unpaired) electrons. The molecule has 5 heteroatoms. The molecule has 150 valence electrons. The lowest BCUT2D eigenvalue weighted by Crippen LogP contribution is -2.38. The van der Waals surface area contributed by atoms with E-state index in [1.165, 1.54) is 37.8 Å². The highest BCUT2D eigenvalue weighted by atomic mass is 19.1. The molecular formula is C24H25FN2O2. The highest BCUT2D eigenvalue weighted by Gasteiger charge is 2.57. The minimum Gasteiger partial charge on any atom is -0.440 e. The van der Waals surface area contributed by atoms with Gasteiger partial charge in [-0.05, 0) is 54.5 Å². The Morgan fingerprint density at radius 3 is 2.83 bits per heavy atom. The Bertz CT molecular complexity index is 942. The number of ether oxygens (including phenoxy) is 1. The largest absolute Gasteiger partial charge is 0.440 e. The Balaban J connectivity index is 1.38. The number of hydrogen-bond donors (Lipinski definition) is 1. The van der Waals surface area contributed by atoms with E-state index in [-0.39, 0.29) is 17.8 Å². The van der Waals surface area contributed by atoms with Gasteiger partial charge >= 0.3 is 6.09 Å². The van der Waals surface area contributed by atoms with Gasteiger partial charge in [0.25, 0.3) is 0 Å². The van der Waals surface area contributed by atoms with E-state index in [9.17, 15) is 9.18 Å². The number of fused-ring (bicyclic) bond motifs is 1. The quantitative estimate of drug-likeness (QED) is 0.780. The van der Waals surface area contributed by atoms with Crippen molar-refractivity contribution in [1.29, 1.82) is 0 Å². The van der Waals surface area contributed by atoms with Gasteiger partial charge in [0.1, 0.15) is 11.4 Å². The molecule has 1 spiro atoms. The van der Waals surface area contributed by atoms with E-state index >= 15 is 0 Å². The van der Waals surface area contributed by atoms with Crippen LogP contribution in [0, 0.1) is 23.6 Å². The van der Waals surface area contributed by atoms with Crippen LogP contribution in [-0.4, -0.2) is 23.2 Å². The molecular weight excluding hydrogens is 367 g/mol. The molecule has 1 aromatic carbocycles. The molecule has 3 fully saturated rings. The summed E-state index contributed by atoms with van der Waals surface area (Å²) in [6.07, 6.45) is 11.7. The van der Waals surface area contributed by atoms with Crippen LogP contribution in [0.1, 0.15) is 37.8 Å². The molecule has 29 heavy (non-hydrogen) atoms. The predicted molar refractivity (Wildman–Crippen MR) is 109 cm³/mol. The lowest BCUT2D eigenvalue weighted by Gasteiger charge is -2.30. The summed E-state index contributed by atoms with van der Waals surface area (Å²) in [7, 11) is 0. The highest BCUT2D eigenvalue weighted by Crippen LogP contribution is 2.54. The zero-order valence-corrected chi connectivity index (χ0v) is 16.3. The van der Waals surface area contributed by atoms with Crippen LogP contribution in [0.25, 0.3) is 17.2 Å². The van der Waals surface area contributed by atoms with Gasteiger partial charge in [-0.2, -0.15) is 0 Å². The Morgan fingerprint density at radius 2 is 2.07 bits per heavy atom. The molecule has 2 aromatic rings. The zero-order valence-electron chi connectivity index (χ0n) is 16.3. The molecule has 1 amide bonds. The van der Waals surface area contributed by atoms with Crippen molar-refractivity contribution >= 4 is 12.2 Å². The summed E-state index contributed by atoms with van der Waals surface area (Å²) in [5.41, 5.74) is 2.16. The molecule has 3 aliphatic rings. The number of benzene rings is 1. The molecule has 1 unspecified atom stereocenters. The maximum atomic E-state index is 13.5. The van der Waals surface area contributed by atoms with Crippen molar-refractivity contribution in [2.75, 3.05) is 6.54 Å². The number of aromatic nitrogens is 1. The van der Waals surface area contributed by atoms with Crippen LogP contribution >= 0.6 is 0 Å². The van der Waals surface area contributed by atoms with Crippen LogP contribution in [0.5, 0.6) is 0 Å². The third-order valence-electron chi connectivity index (χ3n) is 6.89. The number of alkyl carbamates (subject to hydrolysis) is 1. The fraction of sp³-hybridized carbons (Fsp3) is 0.417. The van der Waals surface area contributed by atoms with Gasteiger partial charge in [0.15, 0.2) is 0 Å². The third-order valence-corrected chi connectivity index (χ3v) is 6.89. The summed E-state index contributed by atoms with van der Waals surface area (Å²) in [6.45, 7) is 0.597. The van der Waals surface area contributed by atoms with Gasteiger partial charge in [-0.3, -0.25) is 4.98 Å². The van der Waals surface area contributed by atoms with Crippen LogP contribution in [-0.2, 0) is 4.74 Å². The first-order valence-electron chi connectivity index (χ1n) is 10.5. The van der Waals surface area contributed by atoms with E-state index in [1.54, 1.807) is 12.3 Å². The summed E-state index contributed by atoms with van der Waals surface area (Å²) in [5.74, 6) is 1.17. The molecule has 2 saturated carbocycles. The molecule has 2 heterocycles.